The number of pyridine rings is 1. The lowest BCUT2D eigenvalue weighted by molar-refractivity contribution is 0.0954. The first kappa shape index (κ1) is 12.6. The minimum absolute atomic E-state index is 0.142. The van der Waals surface area contributed by atoms with Crippen molar-refractivity contribution in [2.45, 2.75) is 32.1 Å². The first-order chi connectivity index (χ1) is 8.77. The summed E-state index contributed by atoms with van der Waals surface area (Å²) in [5, 5.41) is 2.89. The van der Waals surface area contributed by atoms with Crippen molar-refractivity contribution in [3.63, 3.8) is 0 Å². The molecule has 0 unspecified atom stereocenters. The van der Waals surface area contributed by atoms with Gasteiger partial charge in [-0.05, 0) is 44.2 Å². The van der Waals surface area contributed by atoms with Gasteiger partial charge in [-0.1, -0.05) is 11.6 Å². The van der Waals surface area contributed by atoms with Crippen LogP contribution in [0.1, 0.15) is 42.5 Å². The molecule has 0 saturated carbocycles. The normalized spacial score (nSPS) is 15.0. The van der Waals surface area contributed by atoms with Crippen molar-refractivity contribution >= 4 is 11.7 Å². The average molecular weight is 245 g/mol. The third kappa shape index (κ3) is 3.32. The van der Waals surface area contributed by atoms with E-state index >= 15 is 0 Å². The number of allylic oxidation sites excluding steroid dienone is 1. The van der Waals surface area contributed by atoms with Crippen molar-refractivity contribution < 1.29 is 4.79 Å². The van der Waals surface area contributed by atoms with Crippen molar-refractivity contribution in [3.8, 4) is 0 Å². The number of hydrogen-bond acceptors (Lipinski definition) is 3. The Bertz CT molecular complexity index is 454. The monoisotopic (exact) mass is 245 g/mol. The van der Waals surface area contributed by atoms with Crippen LogP contribution in [-0.4, -0.2) is 17.4 Å². The second-order valence-corrected chi connectivity index (χ2v) is 4.55. The zero-order valence-corrected chi connectivity index (χ0v) is 10.5. The van der Waals surface area contributed by atoms with Crippen LogP contribution in [0.2, 0.25) is 0 Å². The minimum Gasteiger partial charge on any atom is -0.383 e. The average Bonchev–Trinajstić information content (AvgIpc) is 2.40. The highest BCUT2D eigenvalue weighted by molar-refractivity contribution is 5.98. The third-order valence-electron chi connectivity index (χ3n) is 3.20. The molecule has 1 heterocycles. The molecule has 0 fully saturated rings. The maximum atomic E-state index is 11.9. The Morgan fingerprint density at radius 3 is 3.06 bits per heavy atom. The molecule has 0 atom stereocenters. The predicted octanol–water partition coefficient (Wildman–Crippen LogP) is 2.28. The molecule has 0 aliphatic heterocycles. The fraction of sp³-hybridized carbons (Fsp3) is 0.429. The summed E-state index contributed by atoms with van der Waals surface area (Å²) in [7, 11) is 0. The summed E-state index contributed by atoms with van der Waals surface area (Å²) in [6.45, 7) is 0.666. The lowest BCUT2D eigenvalue weighted by atomic mass is 9.97. The maximum absolute atomic E-state index is 11.9. The highest BCUT2D eigenvalue weighted by Crippen LogP contribution is 2.19. The van der Waals surface area contributed by atoms with Gasteiger partial charge in [-0.3, -0.25) is 4.79 Å². The number of anilines is 1. The summed E-state index contributed by atoms with van der Waals surface area (Å²) in [6.07, 6.45) is 9.74. The molecule has 4 heteroatoms. The van der Waals surface area contributed by atoms with Gasteiger partial charge in [-0.15, -0.1) is 0 Å². The van der Waals surface area contributed by atoms with E-state index in [9.17, 15) is 4.79 Å². The van der Waals surface area contributed by atoms with Gasteiger partial charge in [-0.2, -0.15) is 0 Å². The summed E-state index contributed by atoms with van der Waals surface area (Å²) in [4.78, 5) is 15.8. The number of amides is 1. The fourth-order valence-corrected chi connectivity index (χ4v) is 2.17. The van der Waals surface area contributed by atoms with Gasteiger partial charge >= 0.3 is 0 Å². The SMILES string of the molecule is Nc1ncccc1C(=O)NCCC1=CCCCC1. The number of hydrogen-bond donors (Lipinski definition) is 2. The van der Waals surface area contributed by atoms with Crippen LogP contribution in [0.5, 0.6) is 0 Å². The summed E-state index contributed by atoms with van der Waals surface area (Å²) >= 11 is 0. The summed E-state index contributed by atoms with van der Waals surface area (Å²) < 4.78 is 0. The predicted molar refractivity (Wildman–Crippen MR) is 72.2 cm³/mol. The molecule has 0 aromatic carbocycles. The van der Waals surface area contributed by atoms with Gasteiger partial charge in [0.2, 0.25) is 0 Å². The molecule has 1 amide bonds. The molecule has 1 aromatic heterocycles. The highest BCUT2D eigenvalue weighted by Gasteiger charge is 2.09. The Morgan fingerprint density at radius 2 is 2.33 bits per heavy atom. The number of carbonyl (C=O) groups is 1. The topological polar surface area (TPSA) is 68.0 Å². The Morgan fingerprint density at radius 1 is 1.44 bits per heavy atom. The van der Waals surface area contributed by atoms with E-state index in [-0.39, 0.29) is 11.7 Å². The van der Waals surface area contributed by atoms with Crippen LogP contribution < -0.4 is 11.1 Å². The zero-order chi connectivity index (χ0) is 12.8. The van der Waals surface area contributed by atoms with Gasteiger partial charge in [0.15, 0.2) is 0 Å². The number of nitrogens with two attached hydrogens (primary N) is 1. The molecule has 0 bridgehead atoms. The minimum atomic E-state index is -0.142. The van der Waals surface area contributed by atoms with E-state index in [0.717, 1.165) is 6.42 Å². The molecule has 1 aromatic rings. The molecule has 1 aliphatic rings. The summed E-state index contributed by atoms with van der Waals surface area (Å²) in [5.74, 6) is 0.142. The first-order valence-electron chi connectivity index (χ1n) is 6.44. The van der Waals surface area contributed by atoms with Crippen molar-refractivity contribution in [1.82, 2.24) is 10.3 Å². The number of nitrogen functional groups attached to an aromatic ring is 1. The fourth-order valence-electron chi connectivity index (χ4n) is 2.17. The Labute approximate surface area is 107 Å². The Hall–Kier alpha value is -1.84. The number of rotatable bonds is 4. The Balaban J connectivity index is 1.82. The van der Waals surface area contributed by atoms with Crippen LogP contribution in [0.25, 0.3) is 0 Å². The van der Waals surface area contributed by atoms with E-state index < -0.39 is 0 Å². The molecule has 4 nitrogen and oxygen atoms in total. The van der Waals surface area contributed by atoms with E-state index in [4.69, 9.17) is 5.73 Å². The molecule has 0 radical (unpaired) electrons. The van der Waals surface area contributed by atoms with Crippen LogP contribution in [0.15, 0.2) is 30.0 Å². The molecule has 1 aliphatic carbocycles. The second kappa shape index (κ2) is 6.19. The van der Waals surface area contributed by atoms with Crippen molar-refractivity contribution in [3.05, 3.63) is 35.5 Å². The lowest BCUT2D eigenvalue weighted by Gasteiger charge is -2.13. The maximum Gasteiger partial charge on any atom is 0.255 e. The highest BCUT2D eigenvalue weighted by atomic mass is 16.1. The molecule has 18 heavy (non-hydrogen) atoms. The molecule has 0 saturated heterocycles. The van der Waals surface area contributed by atoms with Crippen molar-refractivity contribution in [2.75, 3.05) is 12.3 Å². The van der Waals surface area contributed by atoms with Gasteiger partial charge in [-0.25, -0.2) is 4.98 Å². The molecule has 3 N–H and O–H groups in total. The third-order valence-corrected chi connectivity index (χ3v) is 3.20. The van der Waals surface area contributed by atoms with E-state index in [1.807, 2.05) is 0 Å². The molecular weight excluding hydrogens is 226 g/mol. The van der Waals surface area contributed by atoms with Crippen molar-refractivity contribution in [2.24, 2.45) is 0 Å². The standard InChI is InChI=1S/C14H19N3O/c15-13-12(7-4-9-16-13)14(18)17-10-8-11-5-2-1-3-6-11/h4-5,7,9H,1-3,6,8,10H2,(H2,15,16)(H,17,18). The first-order valence-corrected chi connectivity index (χ1v) is 6.44. The molecule has 96 valence electrons. The molecular formula is C14H19N3O. The Kier molecular flexibility index (Phi) is 4.34. The van der Waals surface area contributed by atoms with Crippen LogP contribution in [0, 0.1) is 0 Å². The number of carbonyl (C=O) groups excluding carboxylic acids is 1. The van der Waals surface area contributed by atoms with Gasteiger partial charge in [0.05, 0.1) is 5.56 Å². The van der Waals surface area contributed by atoms with Crippen LogP contribution >= 0.6 is 0 Å². The summed E-state index contributed by atoms with van der Waals surface area (Å²) in [6, 6.07) is 3.41. The van der Waals surface area contributed by atoms with Gasteiger partial charge in [0.25, 0.3) is 5.91 Å². The van der Waals surface area contributed by atoms with E-state index in [1.54, 1.807) is 18.3 Å². The lowest BCUT2D eigenvalue weighted by Crippen LogP contribution is -2.26. The molecule has 2 rings (SSSR count). The second-order valence-electron chi connectivity index (χ2n) is 4.55. The summed E-state index contributed by atoms with van der Waals surface area (Å²) in [5.41, 5.74) is 7.57. The largest absolute Gasteiger partial charge is 0.383 e. The van der Waals surface area contributed by atoms with Crippen LogP contribution in [0.4, 0.5) is 5.82 Å². The van der Waals surface area contributed by atoms with Crippen LogP contribution in [0.3, 0.4) is 0 Å². The van der Waals surface area contributed by atoms with Gasteiger partial charge < -0.3 is 11.1 Å². The molecule has 0 spiro atoms. The van der Waals surface area contributed by atoms with E-state index in [2.05, 4.69) is 16.4 Å². The number of aromatic nitrogens is 1. The van der Waals surface area contributed by atoms with Gasteiger partial charge in [0, 0.05) is 12.7 Å². The zero-order valence-electron chi connectivity index (χ0n) is 10.5. The number of nitrogens with zero attached hydrogens (tertiary/aromatic N) is 1. The number of nitrogens with one attached hydrogen (secondary N) is 1. The quantitative estimate of drug-likeness (QED) is 0.800. The van der Waals surface area contributed by atoms with Crippen LogP contribution in [-0.2, 0) is 0 Å². The van der Waals surface area contributed by atoms with E-state index in [0.29, 0.717) is 12.1 Å². The van der Waals surface area contributed by atoms with Gasteiger partial charge in [0.1, 0.15) is 5.82 Å². The smallest absolute Gasteiger partial charge is 0.255 e. The van der Waals surface area contributed by atoms with E-state index in [1.165, 1.54) is 31.3 Å². The van der Waals surface area contributed by atoms with Crippen molar-refractivity contribution in [1.29, 1.82) is 0 Å².